The third-order valence-electron chi connectivity index (χ3n) is 5.41. The number of rotatable bonds is 3. The molecule has 2 fully saturated rings. The molecule has 0 radical (unpaired) electrons. The lowest BCUT2D eigenvalue weighted by molar-refractivity contribution is 0.0718. The van der Waals surface area contributed by atoms with E-state index in [0.29, 0.717) is 11.5 Å². The molecule has 0 atom stereocenters. The third kappa shape index (κ3) is 4.04. The van der Waals surface area contributed by atoms with Gasteiger partial charge in [0.25, 0.3) is 5.91 Å². The fourth-order valence-electron chi connectivity index (χ4n) is 3.92. The molecule has 2 aliphatic rings. The van der Waals surface area contributed by atoms with Crippen LogP contribution in [-0.4, -0.2) is 60.0 Å². The molecule has 2 saturated heterocycles. The number of hydrogen-bond acceptors (Lipinski definition) is 5. The number of carbonyl (C=O) groups is 1. The minimum atomic E-state index is 0.0457. The molecule has 27 heavy (non-hydrogen) atoms. The molecule has 1 amide bonds. The van der Waals surface area contributed by atoms with Gasteiger partial charge in [0, 0.05) is 51.0 Å². The summed E-state index contributed by atoms with van der Waals surface area (Å²) in [5.74, 6) is 1.58. The first-order valence-corrected chi connectivity index (χ1v) is 9.90. The number of piperazine rings is 1. The minimum Gasteiger partial charge on any atom is -0.368 e. The second-order valence-corrected chi connectivity index (χ2v) is 7.32. The first kappa shape index (κ1) is 17.8. The Morgan fingerprint density at radius 1 is 0.852 bits per heavy atom. The Morgan fingerprint density at radius 2 is 1.52 bits per heavy atom. The maximum absolute atomic E-state index is 12.8. The summed E-state index contributed by atoms with van der Waals surface area (Å²) in [5.41, 5.74) is 1.79. The zero-order chi connectivity index (χ0) is 18.6. The number of anilines is 2. The van der Waals surface area contributed by atoms with E-state index in [2.05, 4.69) is 44.0 Å². The van der Waals surface area contributed by atoms with Crippen molar-refractivity contribution in [1.82, 2.24) is 14.9 Å². The van der Waals surface area contributed by atoms with Gasteiger partial charge >= 0.3 is 0 Å². The van der Waals surface area contributed by atoms with Crippen molar-refractivity contribution in [3.8, 4) is 0 Å². The summed E-state index contributed by atoms with van der Waals surface area (Å²) in [7, 11) is 0. The van der Waals surface area contributed by atoms with Crippen LogP contribution in [0.1, 0.15) is 35.6 Å². The number of benzene rings is 1. The van der Waals surface area contributed by atoms with Gasteiger partial charge < -0.3 is 14.7 Å². The van der Waals surface area contributed by atoms with Gasteiger partial charge in [0.15, 0.2) is 0 Å². The molecule has 0 aliphatic carbocycles. The van der Waals surface area contributed by atoms with Crippen LogP contribution in [0.3, 0.4) is 0 Å². The first-order valence-electron chi connectivity index (χ1n) is 9.90. The van der Waals surface area contributed by atoms with Gasteiger partial charge in [0.2, 0.25) is 0 Å². The maximum atomic E-state index is 12.8. The summed E-state index contributed by atoms with van der Waals surface area (Å²) < 4.78 is 0. The quantitative estimate of drug-likeness (QED) is 0.837. The number of piperidine rings is 1. The van der Waals surface area contributed by atoms with Gasteiger partial charge in [-0.25, -0.2) is 9.97 Å². The zero-order valence-corrected chi connectivity index (χ0v) is 16.0. The second kappa shape index (κ2) is 7.94. The van der Waals surface area contributed by atoms with Crippen LogP contribution in [0.25, 0.3) is 0 Å². The number of likely N-dealkylation sites (tertiary alicyclic amines) is 1. The van der Waals surface area contributed by atoms with Crippen LogP contribution in [0.4, 0.5) is 11.5 Å². The van der Waals surface area contributed by atoms with Crippen molar-refractivity contribution in [2.45, 2.75) is 26.2 Å². The van der Waals surface area contributed by atoms with Crippen LogP contribution < -0.4 is 9.80 Å². The van der Waals surface area contributed by atoms with Crippen LogP contribution in [-0.2, 0) is 0 Å². The Morgan fingerprint density at radius 3 is 2.22 bits per heavy atom. The Balaban J connectivity index is 1.46. The van der Waals surface area contributed by atoms with E-state index in [1.165, 1.54) is 12.1 Å². The predicted octanol–water partition coefficient (Wildman–Crippen LogP) is 2.74. The SMILES string of the molecule is Cc1nc(C(=O)N2CCCCC2)cc(N2CCN(c3ccccc3)CC2)n1. The number of carbonyl (C=O) groups excluding carboxylic acids is 1. The number of amides is 1. The monoisotopic (exact) mass is 365 g/mol. The molecule has 0 spiro atoms. The van der Waals surface area contributed by atoms with Crippen LogP contribution in [0, 0.1) is 6.92 Å². The van der Waals surface area contributed by atoms with Crippen molar-refractivity contribution >= 4 is 17.4 Å². The highest BCUT2D eigenvalue weighted by Crippen LogP contribution is 2.21. The molecule has 0 bridgehead atoms. The van der Waals surface area contributed by atoms with E-state index in [1.807, 2.05) is 24.0 Å². The van der Waals surface area contributed by atoms with Crippen molar-refractivity contribution in [3.63, 3.8) is 0 Å². The van der Waals surface area contributed by atoms with Crippen molar-refractivity contribution in [1.29, 1.82) is 0 Å². The highest BCUT2D eigenvalue weighted by Gasteiger charge is 2.23. The van der Waals surface area contributed by atoms with Gasteiger partial charge in [0.05, 0.1) is 0 Å². The predicted molar refractivity (Wildman–Crippen MR) is 107 cm³/mol. The van der Waals surface area contributed by atoms with E-state index < -0.39 is 0 Å². The number of hydrogen-bond donors (Lipinski definition) is 0. The number of aromatic nitrogens is 2. The molecule has 4 rings (SSSR count). The van der Waals surface area contributed by atoms with Crippen LogP contribution in [0.15, 0.2) is 36.4 Å². The molecule has 2 aliphatic heterocycles. The summed E-state index contributed by atoms with van der Waals surface area (Å²) in [4.78, 5) is 28.5. The smallest absolute Gasteiger partial charge is 0.272 e. The second-order valence-electron chi connectivity index (χ2n) is 7.32. The van der Waals surface area contributed by atoms with Crippen LogP contribution >= 0.6 is 0 Å². The maximum Gasteiger partial charge on any atom is 0.272 e. The number of aryl methyl sites for hydroxylation is 1. The van der Waals surface area contributed by atoms with E-state index in [9.17, 15) is 4.79 Å². The molecule has 3 heterocycles. The molecule has 6 nitrogen and oxygen atoms in total. The standard InChI is InChI=1S/C21H27N5O/c1-17-22-19(21(27)26-10-6-3-7-11-26)16-20(23-17)25-14-12-24(13-15-25)18-8-4-2-5-9-18/h2,4-5,8-9,16H,3,6-7,10-15H2,1H3. The molecule has 1 aromatic heterocycles. The molecular weight excluding hydrogens is 338 g/mol. The Kier molecular flexibility index (Phi) is 5.23. The van der Waals surface area contributed by atoms with Gasteiger partial charge in [-0.05, 0) is 38.3 Å². The van der Waals surface area contributed by atoms with Crippen molar-refractivity contribution < 1.29 is 4.79 Å². The van der Waals surface area contributed by atoms with E-state index in [0.717, 1.165) is 57.9 Å². The molecule has 6 heteroatoms. The molecule has 0 N–H and O–H groups in total. The summed E-state index contributed by atoms with van der Waals surface area (Å²) in [6, 6.07) is 12.4. The van der Waals surface area contributed by atoms with Crippen molar-refractivity contribution in [2.75, 3.05) is 49.1 Å². The summed E-state index contributed by atoms with van der Waals surface area (Å²) in [5, 5.41) is 0. The Labute approximate surface area is 160 Å². The lowest BCUT2D eigenvalue weighted by Gasteiger charge is -2.37. The largest absolute Gasteiger partial charge is 0.368 e. The fraction of sp³-hybridized carbons (Fsp3) is 0.476. The molecule has 0 unspecified atom stereocenters. The molecule has 142 valence electrons. The zero-order valence-electron chi connectivity index (χ0n) is 16.0. The summed E-state index contributed by atoms with van der Waals surface area (Å²) in [6.45, 7) is 7.23. The number of nitrogens with zero attached hydrogens (tertiary/aromatic N) is 5. The lowest BCUT2D eigenvalue weighted by Crippen LogP contribution is -2.47. The van der Waals surface area contributed by atoms with E-state index in [4.69, 9.17) is 0 Å². The van der Waals surface area contributed by atoms with Gasteiger partial charge in [-0.15, -0.1) is 0 Å². The summed E-state index contributed by atoms with van der Waals surface area (Å²) in [6.07, 6.45) is 3.39. The highest BCUT2D eigenvalue weighted by atomic mass is 16.2. The topological polar surface area (TPSA) is 52.6 Å². The van der Waals surface area contributed by atoms with E-state index >= 15 is 0 Å². The van der Waals surface area contributed by atoms with E-state index in [1.54, 1.807) is 0 Å². The van der Waals surface area contributed by atoms with Gasteiger partial charge in [-0.3, -0.25) is 4.79 Å². The lowest BCUT2D eigenvalue weighted by atomic mass is 10.1. The Hall–Kier alpha value is -2.63. The first-order chi connectivity index (χ1) is 13.2. The number of para-hydroxylation sites is 1. The van der Waals surface area contributed by atoms with Crippen molar-refractivity contribution in [3.05, 3.63) is 47.9 Å². The average molecular weight is 365 g/mol. The van der Waals surface area contributed by atoms with Crippen molar-refractivity contribution in [2.24, 2.45) is 0 Å². The average Bonchev–Trinajstić information content (AvgIpc) is 2.74. The molecule has 2 aromatic rings. The Bertz CT molecular complexity index is 780. The van der Waals surface area contributed by atoms with Crippen LogP contribution in [0.2, 0.25) is 0 Å². The molecule has 1 aromatic carbocycles. The summed E-state index contributed by atoms with van der Waals surface area (Å²) >= 11 is 0. The highest BCUT2D eigenvalue weighted by molar-refractivity contribution is 5.93. The molecule has 0 saturated carbocycles. The minimum absolute atomic E-state index is 0.0457. The third-order valence-corrected chi connectivity index (χ3v) is 5.41. The van der Waals surface area contributed by atoms with Crippen LogP contribution in [0.5, 0.6) is 0 Å². The van der Waals surface area contributed by atoms with Gasteiger partial charge in [0.1, 0.15) is 17.3 Å². The normalized spacial score (nSPS) is 17.9. The van der Waals surface area contributed by atoms with Gasteiger partial charge in [-0.1, -0.05) is 18.2 Å². The van der Waals surface area contributed by atoms with E-state index in [-0.39, 0.29) is 5.91 Å². The fourth-order valence-corrected chi connectivity index (χ4v) is 3.92. The van der Waals surface area contributed by atoms with Gasteiger partial charge in [-0.2, -0.15) is 0 Å². The molecular formula is C21H27N5O.